The molecule has 0 unspecified atom stereocenters. The molecule has 7 heteroatoms. The van der Waals surface area contributed by atoms with E-state index in [4.69, 9.17) is 5.11 Å². The third kappa shape index (κ3) is 3.85. The van der Waals surface area contributed by atoms with Gasteiger partial charge in [-0.25, -0.2) is 14.2 Å². The van der Waals surface area contributed by atoms with Crippen LogP contribution in [-0.4, -0.2) is 22.0 Å². The lowest BCUT2D eigenvalue weighted by molar-refractivity contribution is -0.115. The number of aromatic carboxylic acids is 1. The smallest absolute Gasteiger partial charge is 0.347 e. The summed E-state index contributed by atoms with van der Waals surface area (Å²) in [6.45, 7) is 1.80. The number of aryl methyl sites for hydroxylation is 1. The topological polar surface area (TPSA) is 79.3 Å². The molecule has 2 aromatic rings. The highest BCUT2D eigenvalue weighted by molar-refractivity contribution is 7.17. The minimum absolute atomic E-state index is 0.0731. The van der Waals surface area contributed by atoms with Crippen molar-refractivity contribution < 1.29 is 19.1 Å². The number of amides is 1. The zero-order chi connectivity index (χ0) is 15.4. The van der Waals surface area contributed by atoms with Crippen molar-refractivity contribution in [3.63, 3.8) is 0 Å². The number of nitrogens with one attached hydrogen (secondary N) is 1. The Balaban J connectivity index is 2.05. The van der Waals surface area contributed by atoms with Crippen LogP contribution in [0.5, 0.6) is 0 Å². The van der Waals surface area contributed by atoms with E-state index in [9.17, 15) is 14.0 Å². The zero-order valence-corrected chi connectivity index (χ0v) is 12.0. The van der Waals surface area contributed by atoms with Crippen LogP contribution in [0.2, 0.25) is 0 Å². The van der Waals surface area contributed by atoms with Crippen molar-refractivity contribution in [2.45, 2.75) is 19.8 Å². The molecule has 110 valence electrons. The first-order valence-electron chi connectivity index (χ1n) is 6.27. The Hall–Kier alpha value is -2.28. The van der Waals surface area contributed by atoms with Crippen molar-refractivity contribution >= 4 is 28.3 Å². The number of halogens is 1. The molecule has 0 aliphatic carbocycles. The normalized spacial score (nSPS) is 10.4. The van der Waals surface area contributed by atoms with Crippen LogP contribution in [0.1, 0.15) is 27.9 Å². The van der Waals surface area contributed by atoms with Gasteiger partial charge in [0, 0.05) is 0 Å². The summed E-state index contributed by atoms with van der Waals surface area (Å²) in [6.07, 6.45) is 0.551. The van der Waals surface area contributed by atoms with Crippen LogP contribution in [0, 0.1) is 5.82 Å². The number of hydrogen-bond acceptors (Lipinski definition) is 4. The van der Waals surface area contributed by atoms with Crippen molar-refractivity contribution in [1.82, 2.24) is 4.98 Å². The van der Waals surface area contributed by atoms with Crippen LogP contribution in [0.25, 0.3) is 0 Å². The number of rotatable bonds is 5. The Morgan fingerprint density at radius 3 is 2.52 bits per heavy atom. The average Bonchev–Trinajstić information content (AvgIpc) is 2.84. The van der Waals surface area contributed by atoms with Gasteiger partial charge in [-0.1, -0.05) is 30.4 Å². The minimum Gasteiger partial charge on any atom is -0.477 e. The molecule has 0 atom stereocenters. The van der Waals surface area contributed by atoms with Crippen LogP contribution in [0.15, 0.2) is 24.3 Å². The van der Waals surface area contributed by atoms with Crippen molar-refractivity contribution in [3.05, 3.63) is 46.2 Å². The van der Waals surface area contributed by atoms with Crippen LogP contribution in [-0.2, 0) is 17.6 Å². The first-order valence-corrected chi connectivity index (χ1v) is 7.08. The summed E-state index contributed by atoms with van der Waals surface area (Å²) < 4.78 is 12.8. The van der Waals surface area contributed by atoms with E-state index in [0.29, 0.717) is 17.7 Å². The summed E-state index contributed by atoms with van der Waals surface area (Å²) in [5.41, 5.74) is 1.12. The molecule has 0 aliphatic rings. The maximum absolute atomic E-state index is 12.8. The van der Waals surface area contributed by atoms with E-state index in [1.165, 1.54) is 24.3 Å². The lowest BCUT2D eigenvalue weighted by atomic mass is 10.1. The molecule has 1 amide bonds. The van der Waals surface area contributed by atoms with Gasteiger partial charge in [-0.3, -0.25) is 4.79 Å². The molecule has 1 aromatic carbocycles. The maximum atomic E-state index is 12.8. The monoisotopic (exact) mass is 308 g/mol. The molecule has 0 fully saturated rings. The molecule has 2 N–H and O–H groups in total. The molecule has 21 heavy (non-hydrogen) atoms. The van der Waals surface area contributed by atoms with Gasteiger partial charge in [0.05, 0.1) is 12.1 Å². The fourth-order valence-electron chi connectivity index (χ4n) is 1.76. The van der Waals surface area contributed by atoms with Gasteiger partial charge in [-0.05, 0) is 24.1 Å². The van der Waals surface area contributed by atoms with Gasteiger partial charge in [0.15, 0.2) is 5.13 Å². The second-order valence-corrected chi connectivity index (χ2v) is 5.30. The molecule has 1 heterocycles. The number of carboxylic acids is 1. The molecule has 1 aromatic heterocycles. The molecule has 0 radical (unpaired) electrons. The molecule has 0 saturated heterocycles. The van der Waals surface area contributed by atoms with Crippen molar-refractivity contribution in [2.24, 2.45) is 0 Å². The van der Waals surface area contributed by atoms with E-state index in [1.807, 2.05) is 0 Å². The Morgan fingerprint density at radius 2 is 2.00 bits per heavy atom. The van der Waals surface area contributed by atoms with E-state index in [-0.39, 0.29) is 28.2 Å². The summed E-state index contributed by atoms with van der Waals surface area (Å²) >= 11 is 0.931. The fourth-order valence-corrected chi connectivity index (χ4v) is 2.67. The Labute approximate surface area is 124 Å². The molecule has 5 nitrogen and oxygen atoms in total. The highest BCUT2D eigenvalue weighted by Crippen LogP contribution is 2.23. The van der Waals surface area contributed by atoms with E-state index in [0.717, 1.165) is 11.3 Å². The zero-order valence-electron chi connectivity index (χ0n) is 11.2. The molecule has 0 spiro atoms. The summed E-state index contributed by atoms with van der Waals surface area (Å²) in [4.78, 5) is 27.1. The number of nitrogens with zero attached hydrogens (tertiary/aromatic N) is 1. The van der Waals surface area contributed by atoms with Gasteiger partial charge < -0.3 is 10.4 Å². The lowest BCUT2D eigenvalue weighted by Gasteiger charge is -2.01. The second kappa shape index (κ2) is 6.45. The Kier molecular flexibility index (Phi) is 4.64. The Bertz CT molecular complexity index is 667. The van der Waals surface area contributed by atoms with E-state index < -0.39 is 5.97 Å². The molecule has 0 saturated carbocycles. The standard InChI is InChI=1S/C14H13FN2O3S/c1-2-10-12(13(19)20)21-14(16-10)17-11(18)7-8-3-5-9(15)6-4-8/h3-6H,2,7H2,1H3,(H,19,20)(H,16,17,18). The number of carbonyl (C=O) groups is 2. The van der Waals surface area contributed by atoms with Crippen molar-refractivity contribution in [3.8, 4) is 0 Å². The SMILES string of the molecule is CCc1nc(NC(=O)Cc2ccc(F)cc2)sc1C(=O)O. The summed E-state index contributed by atoms with van der Waals surface area (Å²) in [5, 5.41) is 11.9. The molecular formula is C14H13FN2O3S. The Morgan fingerprint density at radius 1 is 1.33 bits per heavy atom. The number of aromatic nitrogens is 1. The number of thiazole rings is 1. The minimum atomic E-state index is -1.05. The van der Waals surface area contributed by atoms with E-state index in [1.54, 1.807) is 6.92 Å². The predicted molar refractivity (Wildman–Crippen MR) is 77.2 cm³/mol. The van der Waals surface area contributed by atoms with Gasteiger partial charge in [-0.2, -0.15) is 0 Å². The van der Waals surface area contributed by atoms with E-state index in [2.05, 4.69) is 10.3 Å². The van der Waals surface area contributed by atoms with Gasteiger partial charge in [0.2, 0.25) is 5.91 Å². The van der Waals surface area contributed by atoms with Gasteiger partial charge in [0.1, 0.15) is 10.7 Å². The molecule has 2 rings (SSSR count). The summed E-state index contributed by atoms with van der Waals surface area (Å²) in [5.74, 6) is -1.74. The quantitative estimate of drug-likeness (QED) is 0.890. The van der Waals surface area contributed by atoms with Gasteiger partial charge in [0.25, 0.3) is 0 Å². The van der Waals surface area contributed by atoms with Crippen molar-refractivity contribution in [1.29, 1.82) is 0 Å². The van der Waals surface area contributed by atoms with Crippen LogP contribution in [0.3, 0.4) is 0 Å². The van der Waals surface area contributed by atoms with E-state index >= 15 is 0 Å². The fraction of sp³-hybridized carbons (Fsp3) is 0.214. The van der Waals surface area contributed by atoms with Crippen LogP contribution >= 0.6 is 11.3 Å². The van der Waals surface area contributed by atoms with Crippen LogP contribution in [0.4, 0.5) is 9.52 Å². The van der Waals surface area contributed by atoms with Crippen LogP contribution < -0.4 is 5.32 Å². The summed E-state index contributed by atoms with van der Waals surface area (Å²) in [7, 11) is 0. The number of carboxylic acid groups (broad SMARTS) is 1. The third-order valence-electron chi connectivity index (χ3n) is 2.75. The predicted octanol–water partition coefficient (Wildman–Crippen LogP) is 2.72. The highest BCUT2D eigenvalue weighted by Gasteiger charge is 2.17. The third-order valence-corrected chi connectivity index (χ3v) is 3.75. The number of carbonyl (C=O) groups excluding carboxylic acids is 1. The highest BCUT2D eigenvalue weighted by atomic mass is 32.1. The second-order valence-electron chi connectivity index (χ2n) is 4.30. The first-order chi connectivity index (χ1) is 9.99. The molecular weight excluding hydrogens is 295 g/mol. The van der Waals surface area contributed by atoms with Gasteiger partial charge >= 0.3 is 5.97 Å². The first kappa shape index (κ1) is 15.1. The average molecular weight is 308 g/mol. The largest absolute Gasteiger partial charge is 0.477 e. The maximum Gasteiger partial charge on any atom is 0.347 e. The van der Waals surface area contributed by atoms with Crippen molar-refractivity contribution in [2.75, 3.05) is 5.32 Å². The lowest BCUT2D eigenvalue weighted by Crippen LogP contribution is -2.14. The molecule has 0 bridgehead atoms. The van der Waals surface area contributed by atoms with Gasteiger partial charge in [-0.15, -0.1) is 0 Å². The number of anilines is 1. The number of benzene rings is 1. The number of hydrogen-bond donors (Lipinski definition) is 2. The molecule has 0 aliphatic heterocycles. The summed E-state index contributed by atoms with van der Waals surface area (Å²) in [6, 6.07) is 5.61.